The van der Waals surface area contributed by atoms with Crippen molar-refractivity contribution in [2.45, 2.75) is 26.2 Å². The van der Waals surface area contributed by atoms with Crippen LogP contribution in [-0.2, 0) is 9.59 Å². The zero-order valence-corrected chi connectivity index (χ0v) is 16.5. The van der Waals surface area contributed by atoms with Gasteiger partial charge in [0, 0.05) is 38.2 Å². The maximum atomic E-state index is 12.9. The molecule has 148 valence electrons. The summed E-state index contributed by atoms with van der Waals surface area (Å²) in [5.74, 6) is 1.69. The number of carbonyl (C=O) groups excluding carboxylic acids is 2. The van der Waals surface area contributed by atoms with Gasteiger partial charge in [-0.3, -0.25) is 9.59 Å². The summed E-state index contributed by atoms with van der Waals surface area (Å²) in [5.41, 5.74) is 0.650. The van der Waals surface area contributed by atoms with Crippen molar-refractivity contribution in [1.82, 2.24) is 4.90 Å². The van der Waals surface area contributed by atoms with Crippen molar-refractivity contribution >= 4 is 17.5 Å². The van der Waals surface area contributed by atoms with Crippen molar-refractivity contribution in [2.24, 2.45) is 11.8 Å². The third-order valence-electron chi connectivity index (χ3n) is 5.40. The number of hydrogen-bond donors (Lipinski definition) is 0. The highest BCUT2D eigenvalue weighted by Crippen LogP contribution is 2.42. The highest BCUT2D eigenvalue weighted by Gasteiger charge is 2.38. The van der Waals surface area contributed by atoms with Gasteiger partial charge < -0.3 is 24.0 Å². The molecule has 2 saturated heterocycles. The summed E-state index contributed by atoms with van der Waals surface area (Å²) >= 11 is 0. The van der Waals surface area contributed by atoms with Crippen LogP contribution >= 0.6 is 0 Å². The Hall–Kier alpha value is -2.44. The second-order valence-electron chi connectivity index (χ2n) is 7.32. The molecule has 2 heterocycles. The molecule has 2 aliphatic heterocycles. The fourth-order valence-electron chi connectivity index (χ4n) is 3.99. The molecule has 2 aliphatic rings. The van der Waals surface area contributed by atoms with Crippen molar-refractivity contribution in [3.05, 3.63) is 12.1 Å². The first-order valence-electron chi connectivity index (χ1n) is 9.37. The van der Waals surface area contributed by atoms with E-state index in [-0.39, 0.29) is 24.2 Å². The summed E-state index contributed by atoms with van der Waals surface area (Å²) in [6.45, 7) is 4.12. The lowest BCUT2D eigenvalue weighted by Crippen LogP contribution is -2.43. The average Bonchev–Trinajstić information content (AvgIpc) is 3.07. The summed E-state index contributed by atoms with van der Waals surface area (Å²) in [6.07, 6.45) is 2.43. The van der Waals surface area contributed by atoms with Gasteiger partial charge in [0.25, 0.3) is 0 Å². The van der Waals surface area contributed by atoms with E-state index in [9.17, 15) is 9.59 Å². The highest BCUT2D eigenvalue weighted by atomic mass is 16.5. The number of carbonyl (C=O) groups is 2. The molecule has 0 aromatic heterocycles. The van der Waals surface area contributed by atoms with Crippen molar-refractivity contribution in [2.75, 3.05) is 45.9 Å². The van der Waals surface area contributed by atoms with E-state index in [1.807, 2.05) is 4.90 Å². The fraction of sp³-hybridized carbons (Fsp3) is 0.600. The van der Waals surface area contributed by atoms with Crippen LogP contribution in [-0.4, -0.2) is 57.7 Å². The first-order valence-corrected chi connectivity index (χ1v) is 9.37. The van der Waals surface area contributed by atoms with Crippen molar-refractivity contribution < 1.29 is 23.8 Å². The number of benzene rings is 1. The molecule has 3 rings (SSSR count). The Labute approximate surface area is 160 Å². The van der Waals surface area contributed by atoms with E-state index in [4.69, 9.17) is 14.2 Å². The lowest BCUT2D eigenvalue weighted by atomic mass is 9.98. The first-order chi connectivity index (χ1) is 13.0. The van der Waals surface area contributed by atoms with Crippen LogP contribution in [0.2, 0.25) is 0 Å². The maximum absolute atomic E-state index is 12.9. The van der Waals surface area contributed by atoms with E-state index in [0.717, 1.165) is 25.9 Å². The minimum atomic E-state index is -0.304. The van der Waals surface area contributed by atoms with Gasteiger partial charge in [0.15, 0.2) is 11.5 Å². The maximum Gasteiger partial charge on any atom is 0.228 e. The minimum absolute atomic E-state index is 0.0623. The Morgan fingerprint density at radius 3 is 2.30 bits per heavy atom. The molecular formula is C20H28N2O5. The summed E-state index contributed by atoms with van der Waals surface area (Å²) in [7, 11) is 4.61. The zero-order valence-electron chi connectivity index (χ0n) is 16.5. The Morgan fingerprint density at radius 2 is 1.74 bits per heavy atom. The van der Waals surface area contributed by atoms with Gasteiger partial charge in [-0.2, -0.15) is 0 Å². The molecule has 7 nitrogen and oxygen atoms in total. The van der Waals surface area contributed by atoms with E-state index in [0.29, 0.717) is 35.4 Å². The van der Waals surface area contributed by atoms with E-state index in [1.54, 1.807) is 17.0 Å². The lowest BCUT2D eigenvalue weighted by molar-refractivity contribution is -0.137. The molecule has 2 amide bonds. The number of likely N-dealkylation sites (tertiary alicyclic amines) is 1. The van der Waals surface area contributed by atoms with Crippen LogP contribution in [0, 0.1) is 11.8 Å². The standard InChI is InChI=1S/C20H28N2O5/c1-13-6-5-7-21(11-13)20(24)14-8-18(23)22(12-14)15-9-16(25-2)19(27-4)17(10-15)26-3/h9-10,13-14H,5-8,11-12H2,1-4H3. The molecule has 0 spiro atoms. The van der Waals surface area contributed by atoms with Gasteiger partial charge in [0.1, 0.15) is 0 Å². The normalized spacial score (nSPS) is 22.7. The van der Waals surface area contributed by atoms with E-state index in [1.165, 1.54) is 21.3 Å². The number of hydrogen-bond acceptors (Lipinski definition) is 5. The molecule has 2 fully saturated rings. The predicted molar refractivity (Wildman–Crippen MR) is 102 cm³/mol. The van der Waals surface area contributed by atoms with Crippen LogP contribution in [0.1, 0.15) is 26.2 Å². The second kappa shape index (κ2) is 8.06. The van der Waals surface area contributed by atoms with Crippen LogP contribution in [0.25, 0.3) is 0 Å². The van der Waals surface area contributed by atoms with Gasteiger partial charge in [-0.15, -0.1) is 0 Å². The molecule has 0 aliphatic carbocycles. The molecule has 27 heavy (non-hydrogen) atoms. The topological polar surface area (TPSA) is 68.3 Å². The van der Waals surface area contributed by atoms with Gasteiger partial charge in [0.2, 0.25) is 17.6 Å². The van der Waals surface area contributed by atoms with Gasteiger partial charge in [-0.1, -0.05) is 6.92 Å². The number of piperidine rings is 1. The Morgan fingerprint density at radius 1 is 1.07 bits per heavy atom. The Kier molecular flexibility index (Phi) is 5.77. The molecule has 0 bridgehead atoms. The van der Waals surface area contributed by atoms with E-state index >= 15 is 0 Å². The number of rotatable bonds is 5. The summed E-state index contributed by atoms with van der Waals surface area (Å²) in [6, 6.07) is 3.49. The average molecular weight is 376 g/mol. The largest absolute Gasteiger partial charge is 0.493 e. The monoisotopic (exact) mass is 376 g/mol. The highest BCUT2D eigenvalue weighted by molar-refractivity contribution is 6.00. The molecular weight excluding hydrogens is 348 g/mol. The quantitative estimate of drug-likeness (QED) is 0.789. The SMILES string of the molecule is COc1cc(N2CC(C(=O)N3CCCC(C)C3)CC2=O)cc(OC)c1OC. The number of methoxy groups -OCH3 is 3. The predicted octanol–water partition coefficient (Wildman–Crippen LogP) is 2.32. The van der Waals surface area contributed by atoms with Gasteiger partial charge >= 0.3 is 0 Å². The Bertz CT molecular complexity index is 695. The minimum Gasteiger partial charge on any atom is -0.493 e. The lowest BCUT2D eigenvalue weighted by Gasteiger charge is -2.32. The molecule has 1 aromatic rings. The molecule has 2 unspecified atom stereocenters. The van der Waals surface area contributed by atoms with Gasteiger partial charge in [0.05, 0.1) is 32.9 Å². The Balaban J connectivity index is 1.80. The van der Waals surface area contributed by atoms with Crippen LogP contribution in [0.3, 0.4) is 0 Å². The summed E-state index contributed by atoms with van der Waals surface area (Å²) in [5, 5.41) is 0. The van der Waals surface area contributed by atoms with Gasteiger partial charge in [-0.25, -0.2) is 0 Å². The van der Waals surface area contributed by atoms with Gasteiger partial charge in [-0.05, 0) is 18.8 Å². The van der Waals surface area contributed by atoms with Crippen molar-refractivity contribution in [3.63, 3.8) is 0 Å². The number of ether oxygens (including phenoxy) is 3. The third-order valence-corrected chi connectivity index (χ3v) is 5.40. The first kappa shape index (κ1) is 19.3. The molecule has 0 N–H and O–H groups in total. The van der Waals surface area contributed by atoms with Crippen molar-refractivity contribution in [1.29, 1.82) is 0 Å². The fourth-order valence-corrected chi connectivity index (χ4v) is 3.99. The number of amides is 2. The number of anilines is 1. The second-order valence-corrected chi connectivity index (χ2v) is 7.32. The van der Waals surface area contributed by atoms with Crippen LogP contribution < -0.4 is 19.1 Å². The van der Waals surface area contributed by atoms with E-state index in [2.05, 4.69) is 6.92 Å². The molecule has 1 aromatic carbocycles. The number of nitrogens with zero attached hydrogens (tertiary/aromatic N) is 2. The summed E-state index contributed by atoms with van der Waals surface area (Å²) in [4.78, 5) is 29.1. The molecule has 7 heteroatoms. The van der Waals surface area contributed by atoms with Crippen LogP contribution in [0.5, 0.6) is 17.2 Å². The molecule has 0 radical (unpaired) electrons. The van der Waals surface area contributed by atoms with E-state index < -0.39 is 0 Å². The third kappa shape index (κ3) is 3.82. The molecule has 2 atom stereocenters. The van der Waals surface area contributed by atoms with Crippen LogP contribution in [0.4, 0.5) is 5.69 Å². The van der Waals surface area contributed by atoms with Crippen molar-refractivity contribution in [3.8, 4) is 17.2 Å². The zero-order chi connectivity index (χ0) is 19.6. The summed E-state index contributed by atoms with van der Waals surface area (Å²) < 4.78 is 16.1. The molecule has 0 saturated carbocycles. The smallest absolute Gasteiger partial charge is 0.228 e. The van der Waals surface area contributed by atoms with Crippen LogP contribution in [0.15, 0.2) is 12.1 Å².